The molecule has 0 fully saturated rings. The molecule has 0 bridgehead atoms. The van der Waals surface area contributed by atoms with Crippen molar-refractivity contribution in [3.8, 4) is 0 Å². The van der Waals surface area contributed by atoms with Crippen LogP contribution in [0.25, 0.3) is 0 Å². The highest BCUT2D eigenvalue weighted by atomic mass is 31.2. The molecular formula is C61H111N2O7P. The molecule has 1 amide bonds. The Morgan fingerprint density at radius 3 is 1.37 bits per heavy atom. The molecule has 412 valence electrons. The summed E-state index contributed by atoms with van der Waals surface area (Å²) in [5, 5.41) is 3.01. The Bertz CT molecular complexity index is 1450. The minimum Gasteiger partial charge on any atom is -0.756 e. The minimum atomic E-state index is -4.70. The van der Waals surface area contributed by atoms with Crippen LogP contribution in [0.3, 0.4) is 0 Å². The highest BCUT2D eigenvalue weighted by Gasteiger charge is 2.27. The molecule has 0 aromatic carbocycles. The molecule has 0 radical (unpaired) electrons. The summed E-state index contributed by atoms with van der Waals surface area (Å²) >= 11 is 0. The molecule has 0 aliphatic rings. The molecule has 0 aromatic heterocycles. The van der Waals surface area contributed by atoms with Gasteiger partial charge in [-0.25, -0.2) is 0 Å². The molecule has 0 saturated carbocycles. The largest absolute Gasteiger partial charge is 0.756 e. The molecule has 10 heteroatoms. The summed E-state index contributed by atoms with van der Waals surface area (Å²) in [6.45, 7) is 6.70. The Labute approximate surface area is 438 Å². The summed E-state index contributed by atoms with van der Waals surface area (Å²) in [5.74, 6) is -0.576. The van der Waals surface area contributed by atoms with Crippen LogP contribution in [0.5, 0.6) is 0 Å². The summed E-state index contributed by atoms with van der Waals surface area (Å²) < 4.78 is 30.2. The number of nitrogens with one attached hydrogen (secondary N) is 1. The van der Waals surface area contributed by atoms with Crippen LogP contribution in [0, 0.1) is 0 Å². The normalized spacial score (nSPS) is 14.3. The van der Waals surface area contributed by atoms with Gasteiger partial charge in [-0.3, -0.25) is 14.2 Å². The van der Waals surface area contributed by atoms with Gasteiger partial charge < -0.3 is 28.5 Å². The number of likely N-dealkylation sites (N-methyl/N-ethyl adjacent to an activating group) is 1. The number of unbranched alkanes of at least 4 members (excludes halogenated alkanes) is 26. The van der Waals surface area contributed by atoms with Crippen molar-refractivity contribution in [2.75, 3.05) is 40.9 Å². The van der Waals surface area contributed by atoms with E-state index in [2.05, 4.69) is 86.8 Å². The molecule has 0 aliphatic carbocycles. The first-order valence-corrected chi connectivity index (χ1v) is 30.7. The zero-order chi connectivity index (χ0) is 52.2. The molecule has 0 heterocycles. The predicted molar refractivity (Wildman–Crippen MR) is 302 cm³/mol. The monoisotopic (exact) mass is 1010 g/mol. The smallest absolute Gasteiger partial charge is 0.306 e. The topological polar surface area (TPSA) is 114 Å². The zero-order valence-electron chi connectivity index (χ0n) is 46.9. The Morgan fingerprint density at radius 1 is 0.507 bits per heavy atom. The van der Waals surface area contributed by atoms with E-state index in [0.29, 0.717) is 17.4 Å². The highest BCUT2D eigenvalue weighted by Crippen LogP contribution is 2.38. The molecular weight excluding hydrogens is 904 g/mol. The number of ether oxygens (including phenoxy) is 1. The highest BCUT2D eigenvalue weighted by molar-refractivity contribution is 7.45. The second-order valence-corrected chi connectivity index (χ2v) is 22.2. The Balaban J connectivity index is 5.40. The maximum atomic E-state index is 13.5. The lowest BCUT2D eigenvalue weighted by atomic mass is 10.0. The van der Waals surface area contributed by atoms with E-state index in [1.165, 1.54) is 122 Å². The van der Waals surface area contributed by atoms with Gasteiger partial charge in [-0.15, -0.1) is 0 Å². The van der Waals surface area contributed by atoms with Gasteiger partial charge in [-0.05, 0) is 76.7 Å². The predicted octanol–water partition coefficient (Wildman–Crippen LogP) is 17.0. The molecule has 0 aromatic rings. The van der Waals surface area contributed by atoms with E-state index >= 15 is 0 Å². The first-order valence-electron chi connectivity index (χ1n) is 29.2. The lowest BCUT2D eigenvalue weighted by molar-refractivity contribution is -0.870. The molecule has 0 spiro atoms. The number of phosphoric ester groups is 1. The van der Waals surface area contributed by atoms with E-state index in [0.717, 1.165) is 89.9 Å². The van der Waals surface area contributed by atoms with Gasteiger partial charge in [0.15, 0.2) is 0 Å². The maximum absolute atomic E-state index is 13.5. The van der Waals surface area contributed by atoms with Crippen molar-refractivity contribution in [3.63, 3.8) is 0 Å². The number of carbonyl (C=O) groups excluding carboxylic acids is 2. The van der Waals surface area contributed by atoms with Crippen LogP contribution in [0.15, 0.2) is 72.9 Å². The fraction of sp³-hybridized carbons (Fsp3) is 0.770. The van der Waals surface area contributed by atoms with Gasteiger partial charge in [0.2, 0.25) is 5.91 Å². The maximum Gasteiger partial charge on any atom is 0.306 e. The molecule has 0 rings (SSSR count). The number of amides is 1. The van der Waals surface area contributed by atoms with Crippen LogP contribution < -0.4 is 10.2 Å². The number of allylic oxidation sites excluding steroid dienone is 11. The van der Waals surface area contributed by atoms with E-state index in [-0.39, 0.29) is 31.3 Å². The van der Waals surface area contributed by atoms with E-state index in [1.54, 1.807) is 0 Å². The number of carbonyl (C=O) groups is 2. The second-order valence-electron chi connectivity index (χ2n) is 20.8. The van der Waals surface area contributed by atoms with Crippen molar-refractivity contribution in [2.45, 2.75) is 264 Å². The summed E-state index contributed by atoms with van der Waals surface area (Å²) in [6.07, 6.45) is 64.3. The number of hydrogen-bond donors (Lipinski definition) is 1. The molecule has 9 nitrogen and oxygen atoms in total. The molecule has 3 atom stereocenters. The van der Waals surface area contributed by atoms with Crippen LogP contribution in [0.2, 0.25) is 0 Å². The standard InChI is InChI=1S/C61H111N2O7P/c1-7-10-13-16-19-22-25-28-29-30-31-32-33-36-38-41-44-47-50-53-60(64)62-58(57-69-71(66,67)68-56-55-63(4,5)6)59(52-49-46-43-40-37-34-26-23-20-17-14-11-8-2)70-61(65)54-51-48-45-42-39-35-27-24-21-18-15-12-9-3/h10,13,19,22,28-29,31-32,36,38,49,52,58-59H,7-9,11-12,14-18,20-21,23-27,30,33-35,37,39-48,50-51,53-57H2,1-6H3,(H-,62,64,66,67)/b13-10-,22-19-,29-28-,32-31-,38-36-,52-49-. The molecule has 3 unspecified atom stereocenters. The van der Waals surface area contributed by atoms with Gasteiger partial charge in [0.05, 0.1) is 33.8 Å². The lowest BCUT2D eigenvalue weighted by Crippen LogP contribution is -2.47. The van der Waals surface area contributed by atoms with Crippen molar-refractivity contribution in [2.24, 2.45) is 0 Å². The van der Waals surface area contributed by atoms with E-state index < -0.39 is 26.6 Å². The first-order chi connectivity index (χ1) is 34.4. The molecule has 71 heavy (non-hydrogen) atoms. The van der Waals surface area contributed by atoms with Crippen molar-refractivity contribution >= 4 is 19.7 Å². The fourth-order valence-corrected chi connectivity index (χ4v) is 8.86. The van der Waals surface area contributed by atoms with Gasteiger partial charge in [-0.1, -0.05) is 235 Å². The Hall–Kier alpha value is -2.55. The third-order valence-corrected chi connectivity index (χ3v) is 13.6. The fourth-order valence-electron chi connectivity index (χ4n) is 8.14. The molecule has 0 aliphatic heterocycles. The average molecular weight is 1020 g/mol. The van der Waals surface area contributed by atoms with Crippen LogP contribution in [-0.4, -0.2) is 69.4 Å². The third-order valence-electron chi connectivity index (χ3n) is 12.7. The third kappa shape index (κ3) is 52.1. The Kier molecular flexibility index (Phi) is 49.1. The second kappa shape index (κ2) is 51.0. The van der Waals surface area contributed by atoms with Crippen molar-refractivity contribution < 1.29 is 37.3 Å². The number of rotatable bonds is 52. The van der Waals surface area contributed by atoms with Crippen molar-refractivity contribution in [1.29, 1.82) is 0 Å². The zero-order valence-corrected chi connectivity index (χ0v) is 47.8. The van der Waals surface area contributed by atoms with Crippen LogP contribution in [0.1, 0.15) is 252 Å². The lowest BCUT2D eigenvalue weighted by Gasteiger charge is -2.30. The van der Waals surface area contributed by atoms with Crippen LogP contribution >= 0.6 is 7.82 Å². The number of nitrogens with zero attached hydrogens (tertiary/aromatic N) is 1. The number of quaternary nitrogens is 1. The molecule has 1 N–H and O–H groups in total. The summed E-state index contributed by atoms with van der Waals surface area (Å²) in [5.41, 5.74) is 0. The van der Waals surface area contributed by atoms with Gasteiger partial charge in [0.25, 0.3) is 7.82 Å². The summed E-state index contributed by atoms with van der Waals surface area (Å²) in [6, 6.07) is -0.905. The average Bonchev–Trinajstić information content (AvgIpc) is 3.33. The van der Waals surface area contributed by atoms with Crippen molar-refractivity contribution in [3.05, 3.63) is 72.9 Å². The summed E-state index contributed by atoms with van der Waals surface area (Å²) in [4.78, 5) is 39.9. The quantitative estimate of drug-likeness (QED) is 0.0212. The number of phosphoric acid groups is 1. The van der Waals surface area contributed by atoms with E-state index in [1.807, 2.05) is 33.3 Å². The molecule has 0 saturated heterocycles. The SMILES string of the molecule is CC/C=C\C/C=C\C/C=C\C/C=C\C/C=C\CCCCCC(=O)NC(COP(=O)([O-])OCC[N+](C)(C)C)C(/C=C\CCCCCCCCCCCCC)OC(=O)CCCCCCCCCCCCCCC. The van der Waals surface area contributed by atoms with Gasteiger partial charge >= 0.3 is 5.97 Å². The minimum absolute atomic E-state index is 0.0304. The number of hydrogen-bond acceptors (Lipinski definition) is 7. The summed E-state index contributed by atoms with van der Waals surface area (Å²) in [7, 11) is 1.16. The van der Waals surface area contributed by atoms with E-state index in [4.69, 9.17) is 13.8 Å². The first kappa shape index (κ1) is 68.5. The van der Waals surface area contributed by atoms with Gasteiger partial charge in [-0.2, -0.15) is 0 Å². The van der Waals surface area contributed by atoms with E-state index in [9.17, 15) is 19.0 Å². The van der Waals surface area contributed by atoms with Crippen LogP contribution in [0.4, 0.5) is 0 Å². The van der Waals surface area contributed by atoms with Crippen molar-refractivity contribution in [1.82, 2.24) is 5.32 Å². The van der Waals surface area contributed by atoms with Gasteiger partial charge in [0, 0.05) is 12.8 Å². The number of esters is 1. The van der Waals surface area contributed by atoms with Crippen LogP contribution in [-0.2, 0) is 27.9 Å². The van der Waals surface area contributed by atoms with Gasteiger partial charge in [0.1, 0.15) is 19.3 Å². The Morgan fingerprint density at radius 2 is 0.901 bits per heavy atom.